The zero-order valence-electron chi connectivity index (χ0n) is 27.2. The summed E-state index contributed by atoms with van der Waals surface area (Å²) < 4.78 is 53.5. The average Bonchev–Trinajstić information content (AvgIpc) is 3.76. The van der Waals surface area contributed by atoms with Crippen molar-refractivity contribution in [3.05, 3.63) is 68.6 Å². The highest BCUT2D eigenvalue weighted by atomic mass is 28.3. The molecule has 0 spiro atoms. The molecule has 0 bridgehead atoms. The number of hydrogen-bond donors (Lipinski definition) is 1. The summed E-state index contributed by atoms with van der Waals surface area (Å²) in [4.78, 5) is 32.2. The predicted molar refractivity (Wildman–Crippen MR) is 175 cm³/mol. The van der Waals surface area contributed by atoms with Crippen LogP contribution in [0.4, 0.5) is 13.2 Å². The van der Waals surface area contributed by atoms with Crippen LogP contribution >= 0.6 is 0 Å². The van der Waals surface area contributed by atoms with E-state index in [9.17, 15) is 22.8 Å². The number of nitrogens with one attached hydrogen (secondary N) is 1. The molecule has 1 saturated heterocycles. The summed E-state index contributed by atoms with van der Waals surface area (Å²) in [6, 6.07) is 5.89. The minimum atomic E-state index is -4.47. The normalized spacial score (nSPS) is 16.5. The zero-order valence-corrected chi connectivity index (χ0v) is 28.2. The second-order valence-electron chi connectivity index (χ2n) is 13.3. The standard InChI is InChI=1S/C32H44F3N7O3Si/c1-6-13-39-29-27(30(43)40(14-7-2)31(39)44)41(21-45-15-16-46(3,4)5)28(38-29)24-19-37-42(20-24)26(23-11-12-36-18-23)22-9-8-10-25(17-22)32(33,34)35/h8-10,17,19-20,23,26,36H,6-7,11-16,18,21H2,1-5H3. The Hall–Kier alpha value is -3.49. The first kappa shape index (κ1) is 33.9. The van der Waals surface area contributed by atoms with E-state index in [1.807, 2.05) is 13.8 Å². The summed E-state index contributed by atoms with van der Waals surface area (Å²) in [7, 11) is -1.39. The maximum atomic E-state index is 13.9. The molecule has 3 aromatic heterocycles. The molecule has 10 nitrogen and oxygen atoms in total. The van der Waals surface area contributed by atoms with Crippen LogP contribution < -0.4 is 16.6 Å². The highest BCUT2D eigenvalue weighted by Crippen LogP contribution is 2.36. The second-order valence-corrected chi connectivity index (χ2v) is 18.9. The van der Waals surface area contributed by atoms with E-state index in [0.29, 0.717) is 49.5 Å². The molecular formula is C32H44F3N7O3Si. The van der Waals surface area contributed by atoms with Gasteiger partial charge in [0.05, 0.1) is 23.4 Å². The summed E-state index contributed by atoms with van der Waals surface area (Å²) >= 11 is 0. The van der Waals surface area contributed by atoms with Gasteiger partial charge in [0.15, 0.2) is 11.2 Å². The van der Waals surface area contributed by atoms with E-state index in [1.165, 1.54) is 16.7 Å². The Morgan fingerprint density at radius 1 is 1.09 bits per heavy atom. The number of aryl methyl sites for hydroxylation is 1. The smallest absolute Gasteiger partial charge is 0.361 e. The van der Waals surface area contributed by atoms with E-state index >= 15 is 0 Å². The molecule has 2 atom stereocenters. The molecule has 0 saturated carbocycles. The highest BCUT2D eigenvalue weighted by molar-refractivity contribution is 6.76. The van der Waals surface area contributed by atoms with Crippen molar-refractivity contribution >= 4 is 19.2 Å². The number of alkyl halides is 3. The van der Waals surface area contributed by atoms with E-state index in [1.54, 1.807) is 32.3 Å². The fourth-order valence-electron chi connectivity index (χ4n) is 6.11. The number of aromatic nitrogens is 6. The lowest BCUT2D eigenvalue weighted by molar-refractivity contribution is -0.137. The topological polar surface area (TPSA) is 101 Å². The molecular weight excluding hydrogens is 615 g/mol. The van der Waals surface area contributed by atoms with Gasteiger partial charge in [0.2, 0.25) is 0 Å². The molecule has 0 radical (unpaired) electrons. The Bertz CT molecular complexity index is 1780. The van der Waals surface area contributed by atoms with Crippen LogP contribution in [0.25, 0.3) is 22.6 Å². The fourth-order valence-corrected chi connectivity index (χ4v) is 6.87. The van der Waals surface area contributed by atoms with Crippen LogP contribution in [0.3, 0.4) is 0 Å². The van der Waals surface area contributed by atoms with E-state index in [2.05, 4.69) is 30.1 Å². The Kier molecular flexibility index (Phi) is 10.1. The molecule has 1 fully saturated rings. The largest absolute Gasteiger partial charge is 0.416 e. The molecule has 2 unspecified atom stereocenters. The molecule has 0 aliphatic carbocycles. The van der Waals surface area contributed by atoms with Crippen molar-refractivity contribution in [2.24, 2.45) is 5.92 Å². The summed E-state index contributed by atoms with van der Waals surface area (Å²) in [5.74, 6) is 0.424. The van der Waals surface area contributed by atoms with Crippen molar-refractivity contribution in [1.29, 1.82) is 0 Å². The molecule has 250 valence electrons. The maximum Gasteiger partial charge on any atom is 0.416 e. The van der Waals surface area contributed by atoms with Gasteiger partial charge in [-0.05, 0) is 55.5 Å². The third-order valence-electron chi connectivity index (χ3n) is 8.47. The van der Waals surface area contributed by atoms with Crippen LogP contribution in [0.1, 0.15) is 50.3 Å². The Labute approximate surface area is 267 Å². The number of hydrogen-bond acceptors (Lipinski definition) is 6. The number of benzene rings is 1. The van der Waals surface area contributed by atoms with Gasteiger partial charge in [0.25, 0.3) is 5.56 Å². The van der Waals surface area contributed by atoms with Gasteiger partial charge < -0.3 is 10.1 Å². The SMILES string of the molecule is CCCn1c(=O)c2c(nc(-c3cnn(C(c4cccc(C(F)(F)F)c4)C4CCNC4)c3)n2COCC[Si](C)(C)C)n(CCC)c1=O. The Balaban J connectivity index is 1.65. The van der Waals surface area contributed by atoms with E-state index in [0.717, 1.165) is 25.1 Å². The fraction of sp³-hybridized carbons (Fsp3) is 0.562. The number of fused-ring (bicyclic) bond motifs is 1. The average molecular weight is 660 g/mol. The quantitative estimate of drug-likeness (QED) is 0.149. The van der Waals surface area contributed by atoms with Gasteiger partial charge in [-0.15, -0.1) is 0 Å². The van der Waals surface area contributed by atoms with E-state index in [4.69, 9.17) is 9.72 Å². The van der Waals surface area contributed by atoms with Crippen molar-refractivity contribution in [3.63, 3.8) is 0 Å². The minimum absolute atomic E-state index is 0.0101. The third kappa shape index (κ3) is 7.08. The molecule has 1 aromatic carbocycles. The van der Waals surface area contributed by atoms with E-state index < -0.39 is 37.1 Å². The van der Waals surface area contributed by atoms with Crippen molar-refractivity contribution in [2.75, 3.05) is 19.7 Å². The first-order valence-corrected chi connectivity index (χ1v) is 19.8. The van der Waals surface area contributed by atoms with Crippen LogP contribution in [-0.2, 0) is 30.7 Å². The first-order valence-electron chi connectivity index (χ1n) is 16.1. The van der Waals surface area contributed by atoms with Crippen LogP contribution in [0.15, 0.2) is 46.2 Å². The van der Waals surface area contributed by atoms with Crippen molar-refractivity contribution in [1.82, 2.24) is 33.8 Å². The lowest BCUT2D eigenvalue weighted by atomic mass is 9.91. The number of nitrogens with zero attached hydrogens (tertiary/aromatic N) is 6. The van der Waals surface area contributed by atoms with Crippen LogP contribution in [0.2, 0.25) is 25.7 Å². The molecule has 1 aliphatic rings. The highest BCUT2D eigenvalue weighted by Gasteiger charge is 2.34. The summed E-state index contributed by atoms with van der Waals surface area (Å²) in [6.45, 7) is 13.3. The monoisotopic (exact) mass is 659 g/mol. The van der Waals surface area contributed by atoms with Crippen LogP contribution in [0.5, 0.6) is 0 Å². The zero-order chi connectivity index (χ0) is 33.2. The molecule has 14 heteroatoms. The third-order valence-corrected chi connectivity index (χ3v) is 10.2. The van der Waals surface area contributed by atoms with Crippen molar-refractivity contribution < 1.29 is 17.9 Å². The van der Waals surface area contributed by atoms with E-state index in [-0.39, 0.29) is 30.4 Å². The van der Waals surface area contributed by atoms with Crippen LogP contribution in [0, 0.1) is 5.92 Å². The Morgan fingerprint density at radius 3 is 2.48 bits per heavy atom. The lowest BCUT2D eigenvalue weighted by Crippen LogP contribution is -2.40. The molecule has 4 heterocycles. The molecule has 4 aromatic rings. The molecule has 5 rings (SSSR count). The summed E-state index contributed by atoms with van der Waals surface area (Å²) in [5, 5.41) is 7.98. The molecule has 1 N–H and O–H groups in total. The van der Waals surface area contributed by atoms with Gasteiger partial charge >= 0.3 is 11.9 Å². The van der Waals surface area contributed by atoms with Gasteiger partial charge in [-0.1, -0.05) is 45.6 Å². The predicted octanol–water partition coefficient (Wildman–Crippen LogP) is 5.57. The van der Waals surface area contributed by atoms with Crippen molar-refractivity contribution in [2.45, 2.75) is 90.8 Å². The van der Waals surface area contributed by atoms with Crippen molar-refractivity contribution in [3.8, 4) is 11.4 Å². The maximum absolute atomic E-state index is 13.9. The molecule has 1 aliphatic heterocycles. The summed E-state index contributed by atoms with van der Waals surface area (Å²) in [6.07, 6.45) is 0.981. The van der Waals surface area contributed by atoms with Gasteiger partial charge in [-0.25, -0.2) is 9.78 Å². The first-order chi connectivity index (χ1) is 21.8. The minimum Gasteiger partial charge on any atom is -0.361 e. The van der Waals surface area contributed by atoms with Gasteiger partial charge in [-0.3, -0.25) is 23.2 Å². The Morgan fingerprint density at radius 2 is 1.83 bits per heavy atom. The van der Waals surface area contributed by atoms with Gasteiger partial charge in [0.1, 0.15) is 12.6 Å². The number of rotatable bonds is 13. The number of imidazole rings is 1. The number of halogens is 3. The molecule has 46 heavy (non-hydrogen) atoms. The molecule has 0 amide bonds. The summed E-state index contributed by atoms with van der Waals surface area (Å²) in [5.41, 5.74) is 0.134. The number of ether oxygens (including phenoxy) is 1. The second kappa shape index (κ2) is 13.7. The van der Waals surface area contributed by atoms with Gasteiger partial charge in [-0.2, -0.15) is 18.3 Å². The van der Waals surface area contributed by atoms with Gasteiger partial charge in [0, 0.05) is 40.5 Å². The lowest BCUT2D eigenvalue weighted by Gasteiger charge is -2.25. The van der Waals surface area contributed by atoms with Crippen LogP contribution in [-0.4, -0.2) is 56.2 Å².